The highest BCUT2D eigenvalue weighted by Crippen LogP contribution is 2.26. The van der Waals surface area contributed by atoms with Crippen LogP contribution in [-0.4, -0.2) is 10.5 Å². The van der Waals surface area contributed by atoms with Crippen molar-refractivity contribution in [1.29, 1.82) is 5.26 Å². The van der Waals surface area contributed by atoms with Crippen LogP contribution in [0.4, 0.5) is 10.1 Å². The Bertz CT molecular complexity index is 807. The number of amides is 1. The number of nitrogens with one attached hydrogen (secondary N) is 1. The molecule has 0 unspecified atom stereocenters. The number of nitriles is 1. The fourth-order valence-electron chi connectivity index (χ4n) is 1.65. The molecule has 0 aliphatic heterocycles. The molecule has 0 fully saturated rings. The van der Waals surface area contributed by atoms with Crippen molar-refractivity contribution in [3.05, 3.63) is 49.3 Å². The summed E-state index contributed by atoms with van der Waals surface area (Å²) in [7, 11) is 0. The number of halogens is 2. The minimum absolute atomic E-state index is 0.155. The second-order valence-electron chi connectivity index (χ2n) is 4.02. The Morgan fingerprint density at radius 2 is 2.29 bits per heavy atom. The molecule has 0 saturated heterocycles. The van der Waals surface area contributed by atoms with E-state index in [0.29, 0.717) is 0 Å². The monoisotopic (exact) mass is 325 g/mol. The van der Waals surface area contributed by atoms with Crippen molar-refractivity contribution in [2.24, 2.45) is 0 Å². The molecule has 1 N–H and O–H groups in total. The molecule has 0 spiro atoms. The van der Waals surface area contributed by atoms with Gasteiger partial charge in [-0.3, -0.25) is 9.59 Å². The summed E-state index contributed by atoms with van der Waals surface area (Å²) < 4.78 is 14.6. The number of hydrogen-bond acceptors (Lipinski definition) is 4. The van der Waals surface area contributed by atoms with Crippen LogP contribution in [0.3, 0.4) is 0 Å². The smallest absolute Gasteiger partial charge is 0.286 e. The Labute approximate surface area is 128 Å². The van der Waals surface area contributed by atoms with Crippen LogP contribution in [0.2, 0.25) is 5.02 Å². The fourth-order valence-corrected chi connectivity index (χ4v) is 2.73. The highest BCUT2D eigenvalue weighted by molar-refractivity contribution is 7.15. The van der Waals surface area contributed by atoms with Gasteiger partial charge in [-0.2, -0.15) is 5.26 Å². The number of carbonyl (C=O) groups is 1. The summed E-state index contributed by atoms with van der Waals surface area (Å²) in [6.07, 6.45) is 1.35. The molecule has 2 heterocycles. The van der Waals surface area contributed by atoms with Gasteiger partial charge in [0.1, 0.15) is 10.9 Å². The molecule has 8 heteroatoms. The summed E-state index contributed by atoms with van der Waals surface area (Å²) in [5.74, 6) is -1.47. The van der Waals surface area contributed by atoms with Crippen LogP contribution in [0, 0.1) is 17.1 Å². The van der Waals surface area contributed by atoms with Crippen molar-refractivity contribution in [1.82, 2.24) is 4.57 Å². The van der Waals surface area contributed by atoms with Crippen LogP contribution in [0.15, 0.2) is 23.1 Å². The number of aryl methyl sites for hydroxylation is 1. The molecule has 2 aromatic heterocycles. The molecule has 21 heavy (non-hydrogen) atoms. The number of rotatable bonds is 3. The standard InChI is InChI=1S/C13H9ClFN3O2S/c1-2-18-6-7(3-9(15)13(18)20)17-12(19)10-4-8(14)11(5-16)21-10/h3-4,6H,2H2,1H3,(H,17,19). The van der Waals surface area contributed by atoms with Crippen molar-refractivity contribution >= 4 is 34.5 Å². The van der Waals surface area contributed by atoms with E-state index in [-0.39, 0.29) is 27.0 Å². The van der Waals surface area contributed by atoms with Gasteiger partial charge < -0.3 is 9.88 Å². The molecule has 108 valence electrons. The van der Waals surface area contributed by atoms with Gasteiger partial charge in [-0.05, 0) is 13.0 Å². The maximum atomic E-state index is 13.5. The Hall–Kier alpha value is -2.17. The lowest BCUT2D eigenvalue weighted by atomic mass is 10.3. The Morgan fingerprint density at radius 1 is 1.57 bits per heavy atom. The van der Waals surface area contributed by atoms with Crippen molar-refractivity contribution in [3.8, 4) is 6.07 Å². The van der Waals surface area contributed by atoms with E-state index < -0.39 is 17.3 Å². The topological polar surface area (TPSA) is 74.9 Å². The van der Waals surface area contributed by atoms with E-state index in [4.69, 9.17) is 16.9 Å². The van der Waals surface area contributed by atoms with E-state index >= 15 is 0 Å². The van der Waals surface area contributed by atoms with Crippen LogP contribution < -0.4 is 10.9 Å². The number of thiophene rings is 1. The second-order valence-corrected chi connectivity index (χ2v) is 5.48. The molecule has 2 aromatic rings. The van der Waals surface area contributed by atoms with Crippen molar-refractivity contribution < 1.29 is 9.18 Å². The van der Waals surface area contributed by atoms with E-state index in [1.807, 2.05) is 6.07 Å². The zero-order valence-electron chi connectivity index (χ0n) is 10.8. The maximum Gasteiger partial charge on any atom is 0.286 e. The predicted octanol–water partition coefficient (Wildman–Crippen LogP) is 2.85. The molecule has 5 nitrogen and oxygen atoms in total. The first kappa shape index (κ1) is 15.2. The minimum Gasteiger partial charge on any atom is -0.320 e. The Morgan fingerprint density at radius 3 is 2.86 bits per heavy atom. The van der Waals surface area contributed by atoms with E-state index in [0.717, 1.165) is 22.0 Å². The van der Waals surface area contributed by atoms with Crippen LogP contribution in [0.25, 0.3) is 0 Å². The summed E-state index contributed by atoms with van der Waals surface area (Å²) in [5, 5.41) is 11.5. The number of pyridine rings is 1. The van der Waals surface area contributed by atoms with E-state index in [1.165, 1.54) is 12.3 Å². The molecular formula is C13H9ClFN3O2S. The zero-order valence-corrected chi connectivity index (χ0v) is 12.4. The first-order valence-electron chi connectivity index (χ1n) is 5.87. The number of hydrogen-bond donors (Lipinski definition) is 1. The van der Waals surface area contributed by atoms with Crippen LogP contribution in [0.5, 0.6) is 0 Å². The average Bonchev–Trinajstić information content (AvgIpc) is 2.83. The van der Waals surface area contributed by atoms with Crippen molar-refractivity contribution in [2.75, 3.05) is 5.32 Å². The van der Waals surface area contributed by atoms with Gasteiger partial charge in [0.15, 0.2) is 5.82 Å². The highest BCUT2D eigenvalue weighted by Gasteiger charge is 2.15. The molecular weight excluding hydrogens is 317 g/mol. The Kier molecular flexibility index (Phi) is 4.40. The predicted molar refractivity (Wildman–Crippen MR) is 78.3 cm³/mol. The Balaban J connectivity index is 2.29. The second kappa shape index (κ2) is 6.08. The molecule has 0 aliphatic rings. The largest absolute Gasteiger partial charge is 0.320 e. The van der Waals surface area contributed by atoms with Crippen molar-refractivity contribution in [2.45, 2.75) is 13.5 Å². The lowest BCUT2D eigenvalue weighted by molar-refractivity contribution is 0.103. The summed E-state index contributed by atoms with van der Waals surface area (Å²) >= 11 is 6.73. The van der Waals surface area contributed by atoms with Gasteiger partial charge in [0.25, 0.3) is 11.5 Å². The molecule has 0 atom stereocenters. The number of anilines is 1. The third-order valence-corrected chi connectivity index (χ3v) is 4.10. The summed E-state index contributed by atoms with van der Waals surface area (Å²) in [4.78, 5) is 23.9. The summed E-state index contributed by atoms with van der Waals surface area (Å²) in [6, 6.07) is 4.19. The molecule has 2 rings (SSSR count). The zero-order chi connectivity index (χ0) is 15.6. The van der Waals surface area contributed by atoms with E-state index in [9.17, 15) is 14.0 Å². The van der Waals surface area contributed by atoms with Crippen LogP contribution >= 0.6 is 22.9 Å². The van der Waals surface area contributed by atoms with Gasteiger partial charge in [-0.15, -0.1) is 11.3 Å². The lowest BCUT2D eigenvalue weighted by Crippen LogP contribution is -2.23. The minimum atomic E-state index is -0.948. The maximum absolute atomic E-state index is 13.5. The third-order valence-electron chi connectivity index (χ3n) is 2.65. The van der Waals surface area contributed by atoms with Gasteiger partial charge in [-0.1, -0.05) is 11.6 Å². The fraction of sp³-hybridized carbons (Fsp3) is 0.154. The van der Waals surface area contributed by atoms with Crippen LogP contribution in [-0.2, 0) is 6.54 Å². The van der Waals surface area contributed by atoms with Crippen molar-refractivity contribution in [3.63, 3.8) is 0 Å². The normalized spacial score (nSPS) is 10.2. The molecule has 0 bridgehead atoms. The molecule has 0 aromatic carbocycles. The molecule has 0 saturated carbocycles. The SMILES string of the molecule is CCn1cc(NC(=O)c2cc(Cl)c(C#N)s2)cc(F)c1=O. The van der Waals surface area contributed by atoms with Gasteiger partial charge in [0.05, 0.1) is 15.6 Å². The molecule has 1 amide bonds. The van der Waals surface area contributed by atoms with E-state index in [2.05, 4.69) is 5.32 Å². The van der Waals surface area contributed by atoms with Gasteiger partial charge in [0.2, 0.25) is 0 Å². The third kappa shape index (κ3) is 3.12. The summed E-state index contributed by atoms with van der Waals surface area (Å²) in [5.41, 5.74) is -0.594. The number of aromatic nitrogens is 1. The lowest BCUT2D eigenvalue weighted by Gasteiger charge is -2.07. The van der Waals surface area contributed by atoms with Gasteiger partial charge >= 0.3 is 0 Å². The highest BCUT2D eigenvalue weighted by atomic mass is 35.5. The first-order valence-corrected chi connectivity index (χ1v) is 7.06. The van der Waals surface area contributed by atoms with Gasteiger partial charge in [0, 0.05) is 18.8 Å². The summed E-state index contributed by atoms with van der Waals surface area (Å²) in [6.45, 7) is 1.97. The molecule has 0 radical (unpaired) electrons. The van der Waals surface area contributed by atoms with Gasteiger partial charge in [-0.25, -0.2) is 4.39 Å². The first-order chi connectivity index (χ1) is 9.96. The quantitative estimate of drug-likeness (QED) is 0.942. The van der Waals surface area contributed by atoms with Crippen LogP contribution in [0.1, 0.15) is 21.5 Å². The number of nitrogens with zero attached hydrogens (tertiary/aromatic N) is 2. The molecule has 0 aliphatic carbocycles. The average molecular weight is 326 g/mol. The number of carbonyl (C=O) groups excluding carboxylic acids is 1. The van der Waals surface area contributed by atoms with E-state index in [1.54, 1.807) is 6.92 Å².